The Bertz CT molecular complexity index is 642. The molecule has 1 aromatic rings. The third-order valence-corrected chi connectivity index (χ3v) is 5.93. The van der Waals surface area contributed by atoms with Crippen molar-refractivity contribution in [2.75, 3.05) is 6.54 Å². The van der Waals surface area contributed by atoms with Crippen molar-refractivity contribution in [2.24, 2.45) is 5.92 Å². The van der Waals surface area contributed by atoms with Crippen LogP contribution in [-0.4, -0.2) is 40.0 Å². The first-order chi connectivity index (χ1) is 11.6. The van der Waals surface area contributed by atoms with Gasteiger partial charge in [-0.1, -0.05) is 5.16 Å². The van der Waals surface area contributed by atoms with E-state index < -0.39 is 0 Å². The topological polar surface area (TPSA) is 75.4 Å². The van der Waals surface area contributed by atoms with Crippen molar-refractivity contribution in [1.29, 1.82) is 0 Å². The summed E-state index contributed by atoms with van der Waals surface area (Å²) in [5.41, 5.74) is 0.407. The molecule has 1 aromatic heterocycles. The third kappa shape index (κ3) is 2.94. The van der Waals surface area contributed by atoms with Gasteiger partial charge in [-0.15, -0.1) is 0 Å². The van der Waals surface area contributed by atoms with Gasteiger partial charge in [0, 0.05) is 30.6 Å². The van der Waals surface area contributed by atoms with Gasteiger partial charge in [0.2, 0.25) is 5.91 Å². The summed E-state index contributed by atoms with van der Waals surface area (Å²) >= 11 is 0. The Balaban J connectivity index is 1.35. The first-order valence-electron chi connectivity index (χ1n) is 9.10. The lowest BCUT2D eigenvalue weighted by Crippen LogP contribution is -2.51. The van der Waals surface area contributed by atoms with E-state index in [1.165, 1.54) is 12.8 Å². The summed E-state index contributed by atoms with van der Waals surface area (Å²) < 4.78 is 4.96. The van der Waals surface area contributed by atoms with E-state index in [4.69, 9.17) is 4.52 Å². The molecule has 1 saturated heterocycles. The molecule has 2 aliphatic carbocycles. The van der Waals surface area contributed by atoms with Gasteiger partial charge in [0.15, 0.2) is 5.69 Å². The minimum absolute atomic E-state index is 0.0609. The predicted octanol–water partition coefficient (Wildman–Crippen LogP) is 2.43. The maximum Gasteiger partial charge on any atom is 0.273 e. The van der Waals surface area contributed by atoms with Crippen molar-refractivity contribution in [3.8, 4) is 0 Å². The lowest BCUT2D eigenvalue weighted by Gasteiger charge is -2.44. The Morgan fingerprint density at radius 3 is 2.71 bits per heavy atom. The van der Waals surface area contributed by atoms with E-state index in [1.807, 2.05) is 0 Å². The van der Waals surface area contributed by atoms with E-state index in [9.17, 15) is 9.59 Å². The average Bonchev–Trinajstić information content (AvgIpc) is 3.22. The molecular weight excluding hydrogens is 306 g/mol. The molecule has 1 aliphatic heterocycles. The number of nitrogens with zero attached hydrogens (tertiary/aromatic N) is 2. The van der Waals surface area contributed by atoms with Gasteiger partial charge in [-0.25, -0.2) is 0 Å². The highest BCUT2D eigenvalue weighted by Gasteiger charge is 2.48. The molecule has 3 fully saturated rings. The van der Waals surface area contributed by atoms with Crippen LogP contribution in [0.2, 0.25) is 0 Å². The Labute approximate surface area is 141 Å². The number of rotatable bonds is 4. The maximum atomic E-state index is 12.3. The summed E-state index contributed by atoms with van der Waals surface area (Å²) in [5, 5.41) is 6.84. The summed E-state index contributed by atoms with van der Waals surface area (Å²) in [6, 6.07) is 1.82. The molecule has 2 amide bonds. The summed E-state index contributed by atoms with van der Waals surface area (Å²) in [6.07, 6.45) is 8.07. The summed E-state index contributed by atoms with van der Waals surface area (Å²) in [4.78, 5) is 26.7. The smallest absolute Gasteiger partial charge is 0.273 e. The van der Waals surface area contributed by atoms with E-state index >= 15 is 0 Å². The van der Waals surface area contributed by atoms with Gasteiger partial charge in [-0.2, -0.15) is 0 Å². The van der Waals surface area contributed by atoms with Gasteiger partial charge in [-0.05, 0) is 57.8 Å². The van der Waals surface area contributed by atoms with Crippen LogP contribution < -0.4 is 5.32 Å². The Kier molecular flexibility index (Phi) is 3.85. The highest BCUT2D eigenvalue weighted by molar-refractivity contribution is 5.92. The first-order valence-corrected chi connectivity index (χ1v) is 9.10. The van der Waals surface area contributed by atoms with Gasteiger partial charge in [0.1, 0.15) is 5.76 Å². The molecular formula is C18H25N3O3. The first kappa shape index (κ1) is 15.7. The molecule has 6 nitrogen and oxygen atoms in total. The molecule has 0 aromatic carbocycles. The monoisotopic (exact) mass is 331 g/mol. The van der Waals surface area contributed by atoms with E-state index in [2.05, 4.69) is 15.4 Å². The van der Waals surface area contributed by atoms with Crippen molar-refractivity contribution >= 4 is 11.8 Å². The standard InChI is InChI=1S/C18H25N3O3/c1-12-10-15(20-24-12)17(23)19-14-4-7-18(8-5-14)9-6-16(22)21(18)11-13-2-3-13/h10,13-14H,2-9,11H2,1H3,(H,19,23). The number of hydrogen-bond acceptors (Lipinski definition) is 4. The zero-order chi connectivity index (χ0) is 16.7. The van der Waals surface area contributed by atoms with Gasteiger partial charge in [-0.3, -0.25) is 9.59 Å². The predicted molar refractivity (Wildman–Crippen MR) is 87.4 cm³/mol. The van der Waals surface area contributed by atoms with Crippen molar-refractivity contribution in [3.05, 3.63) is 17.5 Å². The van der Waals surface area contributed by atoms with Gasteiger partial charge >= 0.3 is 0 Å². The molecule has 2 saturated carbocycles. The average molecular weight is 331 g/mol. The second-order valence-corrected chi connectivity index (χ2v) is 7.74. The zero-order valence-corrected chi connectivity index (χ0v) is 14.2. The van der Waals surface area contributed by atoms with E-state index in [-0.39, 0.29) is 17.5 Å². The fourth-order valence-electron chi connectivity index (χ4n) is 4.28. The number of carbonyl (C=O) groups is 2. The van der Waals surface area contributed by atoms with Crippen molar-refractivity contribution in [1.82, 2.24) is 15.4 Å². The molecule has 0 radical (unpaired) electrons. The summed E-state index contributed by atoms with van der Waals surface area (Å²) in [7, 11) is 0. The molecule has 0 bridgehead atoms. The van der Waals surface area contributed by atoms with Gasteiger partial charge < -0.3 is 14.7 Å². The van der Waals surface area contributed by atoms with Crippen LogP contribution in [-0.2, 0) is 4.79 Å². The van der Waals surface area contributed by atoms with Crippen molar-refractivity contribution in [2.45, 2.75) is 69.9 Å². The molecule has 24 heavy (non-hydrogen) atoms. The lowest BCUT2D eigenvalue weighted by atomic mass is 9.77. The zero-order valence-electron chi connectivity index (χ0n) is 14.2. The quantitative estimate of drug-likeness (QED) is 0.919. The van der Waals surface area contributed by atoms with Crippen LogP contribution in [0, 0.1) is 12.8 Å². The molecule has 1 spiro atoms. The van der Waals surface area contributed by atoms with Crippen LogP contribution in [0.25, 0.3) is 0 Å². The largest absolute Gasteiger partial charge is 0.361 e. The van der Waals surface area contributed by atoms with E-state index in [0.29, 0.717) is 23.8 Å². The number of nitrogens with one attached hydrogen (secondary N) is 1. The number of aryl methyl sites for hydroxylation is 1. The summed E-state index contributed by atoms with van der Waals surface area (Å²) in [5.74, 6) is 1.55. The third-order valence-electron chi connectivity index (χ3n) is 5.93. The van der Waals surface area contributed by atoms with Crippen molar-refractivity contribution in [3.63, 3.8) is 0 Å². The SMILES string of the molecule is Cc1cc(C(=O)NC2CCC3(CCC(=O)N3CC3CC3)CC2)no1. The van der Waals surface area contributed by atoms with Crippen LogP contribution in [0.3, 0.4) is 0 Å². The van der Waals surface area contributed by atoms with Gasteiger partial charge in [0.05, 0.1) is 0 Å². The fraction of sp³-hybridized carbons (Fsp3) is 0.722. The minimum atomic E-state index is -0.162. The number of hydrogen-bond donors (Lipinski definition) is 1. The van der Waals surface area contributed by atoms with Crippen LogP contribution >= 0.6 is 0 Å². The number of carbonyl (C=O) groups excluding carboxylic acids is 2. The Morgan fingerprint density at radius 1 is 1.33 bits per heavy atom. The van der Waals surface area contributed by atoms with E-state index in [0.717, 1.165) is 44.6 Å². The minimum Gasteiger partial charge on any atom is -0.361 e. The number of amides is 2. The molecule has 3 aliphatic rings. The van der Waals surface area contributed by atoms with Crippen LogP contribution in [0.4, 0.5) is 0 Å². The molecule has 2 heterocycles. The van der Waals surface area contributed by atoms with Crippen LogP contribution in [0.1, 0.15) is 67.6 Å². The molecule has 6 heteroatoms. The Hall–Kier alpha value is -1.85. The lowest BCUT2D eigenvalue weighted by molar-refractivity contribution is -0.132. The molecule has 0 atom stereocenters. The highest BCUT2D eigenvalue weighted by atomic mass is 16.5. The molecule has 0 unspecified atom stereocenters. The normalized spacial score (nSPS) is 30.1. The van der Waals surface area contributed by atoms with Gasteiger partial charge in [0.25, 0.3) is 5.91 Å². The molecule has 1 N–H and O–H groups in total. The Morgan fingerprint density at radius 2 is 2.08 bits per heavy atom. The fourth-order valence-corrected chi connectivity index (χ4v) is 4.28. The second-order valence-electron chi connectivity index (χ2n) is 7.74. The van der Waals surface area contributed by atoms with Crippen molar-refractivity contribution < 1.29 is 14.1 Å². The number of aromatic nitrogens is 1. The number of likely N-dealkylation sites (tertiary alicyclic amines) is 1. The molecule has 130 valence electrons. The summed E-state index contributed by atoms with van der Waals surface area (Å²) in [6.45, 7) is 2.73. The van der Waals surface area contributed by atoms with Crippen LogP contribution in [0.15, 0.2) is 10.6 Å². The van der Waals surface area contributed by atoms with E-state index in [1.54, 1.807) is 13.0 Å². The second kappa shape index (κ2) is 5.90. The van der Waals surface area contributed by atoms with Crippen LogP contribution in [0.5, 0.6) is 0 Å². The highest BCUT2D eigenvalue weighted by Crippen LogP contribution is 2.44. The maximum absolute atomic E-state index is 12.3. The molecule has 4 rings (SSSR count).